The number of nitrogens with one attached hydrogen (secondary N) is 3. The smallest absolute Gasteiger partial charge is 0.328 e. The number of alkyl halides is 1. The Morgan fingerprint density at radius 1 is 0.825 bits per heavy atom. The zero-order chi connectivity index (χ0) is 43.9. The van der Waals surface area contributed by atoms with Gasteiger partial charge in [0.1, 0.15) is 23.4 Å². The molecule has 2 aromatic carbocycles. The van der Waals surface area contributed by atoms with Gasteiger partial charge in [-0.15, -0.1) is 0 Å². The number of hydrogen-bond acceptors (Lipinski definition) is 10. The molecule has 6 amide bonds. The Morgan fingerprint density at radius 3 is 2.25 bits per heavy atom. The highest BCUT2D eigenvalue weighted by molar-refractivity contribution is 6.07. The number of piperidine rings is 1. The van der Waals surface area contributed by atoms with Gasteiger partial charge >= 0.3 is 6.03 Å². The van der Waals surface area contributed by atoms with E-state index in [4.69, 9.17) is 10.8 Å². The number of aryl methyl sites for hydroxylation is 3. The summed E-state index contributed by atoms with van der Waals surface area (Å²) in [6.45, 7) is 8.33. The number of imide groups is 1. The van der Waals surface area contributed by atoms with Crippen molar-refractivity contribution >= 4 is 64.0 Å². The van der Waals surface area contributed by atoms with Crippen molar-refractivity contribution in [3.63, 3.8) is 0 Å². The summed E-state index contributed by atoms with van der Waals surface area (Å²) in [6.07, 6.45) is 3.91. The fourth-order valence-electron chi connectivity index (χ4n) is 9.31. The number of amides is 6. The Kier molecular flexibility index (Phi) is 11.2. The molecule has 3 fully saturated rings. The van der Waals surface area contributed by atoms with Crippen LogP contribution in [0.2, 0.25) is 0 Å². The third-order valence-corrected chi connectivity index (χ3v) is 12.9. The normalized spacial score (nSPS) is 20.4. The number of benzene rings is 2. The van der Waals surface area contributed by atoms with E-state index < -0.39 is 29.9 Å². The van der Waals surface area contributed by atoms with Gasteiger partial charge in [0.15, 0.2) is 0 Å². The van der Waals surface area contributed by atoms with E-state index in [2.05, 4.69) is 36.8 Å². The van der Waals surface area contributed by atoms with E-state index in [-0.39, 0.29) is 46.6 Å². The average molecular weight is 856 g/mol. The highest BCUT2D eigenvalue weighted by Crippen LogP contribution is 2.40. The Morgan fingerprint density at radius 2 is 1.54 bits per heavy atom. The van der Waals surface area contributed by atoms with Gasteiger partial charge in [-0.3, -0.25) is 29.4 Å². The quantitative estimate of drug-likeness (QED) is 0.189. The minimum atomic E-state index is -1.62. The van der Waals surface area contributed by atoms with Crippen molar-refractivity contribution in [2.24, 2.45) is 11.7 Å². The number of halogens is 1. The topological polar surface area (TPSA) is 191 Å². The number of fused-ring (bicyclic) bond motifs is 2. The van der Waals surface area contributed by atoms with Crippen LogP contribution in [0.4, 0.5) is 43.6 Å². The zero-order valence-corrected chi connectivity index (χ0v) is 35.3. The van der Waals surface area contributed by atoms with Gasteiger partial charge < -0.3 is 31.1 Å². The van der Waals surface area contributed by atoms with E-state index in [9.17, 15) is 24.0 Å². The van der Waals surface area contributed by atoms with Gasteiger partial charge in [0, 0.05) is 98.7 Å². The number of pyridine rings is 1. The number of allylic oxidation sites excluding steroid dienone is 2. The molecule has 4 aliphatic heterocycles. The van der Waals surface area contributed by atoms with E-state index in [0.717, 1.165) is 59.9 Å². The third kappa shape index (κ3) is 8.22. The Bertz CT molecular complexity index is 2550. The van der Waals surface area contributed by atoms with Gasteiger partial charge in [0.05, 0.1) is 11.6 Å². The number of carbonyl (C=O) groups excluding carboxylic acids is 5. The first-order valence-corrected chi connectivity index (χ1v) is 21.5. The van der Waals surface area contributed by atoms with Crippen LogP contribution in [-0.4, -0.2) is 101 Å². The van der Waals surface area contributed by atoms with E-state index in [1.807, 2.05) is 54.3 Å². The summed E-state index contributed by atoms with van der Waals surface area (Å²) >= 11 is 0. The molecular weight excluding hydrogens is 806 g/mol. The number of nitrogens with two attached hydrogens (primary N) is 1. The summed E-state index contributed by atoms with van der Waals surface area (Å²) < 4.78 is 17.9. The summed E-state index contributed by atoms with van der Waals surface area (Å²) in [4.78, 5) is 76.1. The fraction of sp³-hybridized carbons (Fsp3) is 0.370. The van der Waals surface area contributed by atoms with E-state index in [1.165, 1.54) is 0 Å². The number of nitrogens with zero attached hydrogens (tertiary/aromatic N) is 7. The lowest BCUT2D eigenvalue weighted by atomic mass is 9.85. The molecule has 9 rings (SSSR count). The summed E-state index contributed by atoms with van der Waals surface area (Å²) in [5, 5.41) is 13.2. The van der Waals surface area contributed by atoms with Crippen molar-refractivity contribution in [3.8, 4) is 0 Å². The van der Waals surface area contributed by atoms with E-state index in [0.29, 0.717) is 57.3 Å². The predicted octanol–water partition coefficient (Wildman–Crippen LogP) is 4.94. The second-order valence-electron chi connectivity index (χ2n) is 16.8. The first-order chi connectivity index (χ1) is 30.4. The third-order valence-electron chi connectivity index (χ3n) is 12.9. The standard InChI is InChI=1S/C46H50FN11O5/c1-27-4-3-5-37(49-27)51-44(61)34-11-12-35(40(47)28(34)2)41-39(42(48)60)43-50-36-13-10-33(26-30(36)16-21-58(43)53-41)55-22-24-56(25-23-55)45(62)29-14-18-54(19-15-29)31-6-8-32(9-7-31)57-20-17-38(59)52-46(57)63/h3-13,26,29,35,40,50H,14-25H2,1-2H3,(H2,48,60)(H,49,51,61)(H,52,59,63). The number of piperazine rings is 1. The van der Waals surface area contributed by atoms with Crippen LogP contribution in [0, 0.1) is 12.8 Å². The first-order valence-electron chi connectivity index (χ1n) is 21.5. The number of carbonyl (C=O) groups is 5. The second kappa shape index (κ2) is 17.0. The SMILES string of the molecule is CC1=C(C(=O)Nc2cccc(C)n2)C=CC(c2nn3c(c2C(N)=O)Nc2ccc(N4CCN(C(=O)C5CCN(c6ccc(N7CCC(=O)NC7=O)cc6)CC5)CC4)cc2CC3)C1F. The molecule has 3 saturated heterocycles. The van der Waals surface area contributed by atoms with Crippen LogP contribution < -0.4 is 36.4 Å². The highest BCUT2D eigenvalue weighted by Gasteiger charge is 2.37. The molecule has 326 valence electrons. The van der Waals surface area contributed by atoms with Crippen molar-refractivity contribution in [3.05, 3.63) is 106 Å². The largest absolute Gasteiger partial charge is 0.371 e. The van der Waals surface area contributed by atoms with Gasteiger partial charge in [-0.2, -0.15) is 5.10 Å². The lowest BCUT2D eigenvalue weighted by molar-refractivity contribution is -0.136. The molecule has 2 aromatic heterocycles. The minimum absolute atomic E-state index is 0.0334. The summed E-state index contributed by atoms with van der Waals surface area (Å²) in [5.74, 6) is -1.46. The molecule has 17 heteroatoms. The monoisotopic (exact) mass is 855 g/mol. The molecular formula is C46H50FN11O5. The van der Waals surface area contributed by atoms with Crippen molar-refractivity contribution in [2.45, 2.75) is 58.2 Å². The van der Waals surface area contributed by atoms with Gasteiger partial charge in [-0.1, -0.05) is 18.2 Å². The molecule has 0 bridgehead atoms. The molecule has 63 heavy (non-hydrogen) atoms. The van der Waals surface area contributed by atoms with Crippen LogP contribution in [0.3, 0.4) is 0 Å². The van der Waals surface area contributed by atoms with Crippen LogP contribution >= 0.6 is 0 Å². The van der Waals surface area contributed by atoms with Crippen LogP contribution in [0.1, 0.15) is 59.4 Å². The predicted molar refractivity (Wildman–Crippen MR) is 237 cm³/mol. The maximum absolute atomic E-state index is 16.2. The summed E-state index contributed by atoms with van der Waals surface area (Å²) in [6, 6.07) is 18.8. The molecule has 5 N–H and O–H groups in total. The van der Waals surface area contributed by atoms with Crippen LogP contribution in [-0.2, 0) is 27.3 Å². The van der Waals surface area contributed by atoms with E-state index >= 15 is 4.39 Å². The number of aromatic nitrogens is 3. The molecule has 5 aliphatic rings. The van der Waals surface area contributed by atoms with Crippen molar-refractivity contribution in [1.29, 1.82) is 0 Å². The van der Waals surface area contributed by atoms with Crippen molar-refractivity contribution < 1.29 is 28.4 Å². The Hall–Kier alpha value is -7.04. The Labute approximate surface area is 364 Å². The first kappa shape index (κ1) is 41.3. The zero-order valence-electron chi connectivity index (χ0n) is 35.3. The number of rotatable bonds is 8. The second-order valence-corrected chi connectivity index (χ2v) is 16.8. The van der Waals surface area contributed by atoms with Gasteiger partial charge in [0.2, 0.25) is 11.8 Å². The van der Waals surface area contributed by atoms with Crippen LogP contribution in [0.25, 0.3) is 0 Å². The van der Waals surface area contributed by atoms with Gasteiger partial charge in [-0.25, -0.2) is 18.9 Å². The average Bonchev–Trinajstić information content (AvgIpc) is 3.54. The summed E-state index contributed by atoms with van der Waals surface area (Å²) in [7, 11) is 0. The molecule has 0 radical (unpaired) electrons. The highest BCUT2D eigenvalue weighted by atomic mass is 19.1. The maximum Gasteiger partial charge on any atom is 0.328 e. The number of urea groups is 1. The minimum Gasteiger partial charge on any atom is -0.371 e. The van der Waals surface area contributed by atoms with Gasteiger partial charge in [-0.05, 0) is 98.8 Å². The lowest BCUT2D eigenvalue weighted by Crippen LogP contribution is -2.51. The van der Waals surface area contributed by atoms with Gasteiger partial charge in [0.25, 0.3) is 11.8 Å². The molecule has 4 aromatic rings. The molecule has 2 atom stereocenters. The fourth-order valence-corrected chi connectivity index (χ4v) is 9.31. The molecule has 1 aliphatic carbocycles. The maximum atomic E-state index is 16.2. The molecule has 2 unspecified atom stereocenters. The molecule has 0 saturated carbocycles. The Balaban J connectivity index is 0.800. The van der Waals surface area contributed by atoms with Crippen LogP contribution in [0.5, 0.6) is 0 Å². The molecule has 6 heterocycles. The number of hydrogen-bond donors (Lipinski definition) is 4. The number of primary amides is 1. The molecule has 16 nitrogen and oxygen atoms in total. The van der Waals surface area contributed by atoms with Crippen molar-refractivity contribution in [2.75, 3.05) is 71.1 Å². The van der Waals surface area contributed by atoms with Crippen molar-refractivity contribution in [1.82, 2.24) is 25.0 Å². The summed E-state index contributed by atoms with van der Waals surface area (Å²) in [5.41, 5.74) is 12.1. The lowest BCUT2D eigenvalue weighted by Gasteiger charge is -2.40. The van der Waals surface area contributed by atoms with Crippen LogP contribution in [0.15, 0.2) is 84.0 Å². The molecule has 0 spiro atoms. The van der Waals surface area contributed by atoms with E-state index in [1.54, 1.807) is 40.8 Å². The number of anilines is 6.